The van der Waals surface area contributed by atoms with E-state index in [1.165, 1.54) is 37.6 Å². The molecule has 0 saturated heterocycles. The largest absolute Gasteiger partial charge is 0.469 e. The number of rotatable bonds is 5. The van der Waals surface area contributed by atoms with Crippen LogP contribution < -0.4 is 11.1 Å². The first kappa shape index (κ1) is 20.5. The van der Waals surface area contributed by atoms with E-state index in [1.807, 2.05) is 12.1 Å². The molecule has 3 rings (SSSR count). The average Bonchev–Trinajstić information content (AvgIpc) is 2.78. The number of amides is 1. The normalized spacial score (nSPS) is 12.0. The number of anilines is 1. The van der Waals surface area contributed by atoms with Crippen LogP contribution in [0.4, 0.5) is 10.1 Å². The minimum absolute atomic E-state index is 0.0273. The molecule has 0 aliphatic carbocycles. The highest BCUT2D eigenvalue weighted by Gasteiger charge is 2.16. The second kappa shape index (κ2) is 9.30. The predicted octanol–water partition coefficient (Wildman–Crippen LogP) is 3.40. The van der Waals surface area contributed by atoms with E-state index in [2.05, 4.69) is 15.3 Å². The summed E-state index contributed by atoms with van der Waals surface area (Å²) in [4.78, 5) is 20.8. The van der Waals surface area contributed by atoms with Gasteiger partial charge in [-0.05, 0) is 47.5 Å². The van der Waals surface area contributed by atoms with Crippen LogP contribution in [0, 0.1) is 17.1 Å². The summed E-state index contributed by atoms with van der Waals surface area (Å²) in [6.07, 6.45) is 1.33. The van der Waals surface area contributed by atoms with Gasteiger partial charge in [-0.25, -0.2) is 14.4 Å². The van der Waals surface area contributed by atoms with E-state index in [9.17, 15) is 9.18 Å². The molecule has 0 aliphatic rings. The van der Waals surface area contributed by atoms with Crippen molar-refractivity contribution in [2.75, 3.05) is 12.4 Å². The Labute approximate surface area is 172 Å². The minimum atomic E-state index is -0.560. The quantitative estimate of drug-likeness (QED) is 0.501. The van der Waals surface area contributed by atoms with Crippen molar-refractivity contribution in [2.24, 2.45) is 10.7 Å². The van der Waals surface area contributed by atoms with Crippen molar-refractivity contribution >= 4 is 17.6 Å². The first-order chi connectivity index (χ1) is 14.5. The van der Waals surface area contributed by atoms with Gasteiger partial charge in [-0.1, -0.05) is 24.3 Å². The van der Waals surface area contributed by atoms with Gasteiger partial charge >= 0.3 is 0 Å². The van der Waals surface area contributed by atoms with Crippen molar-refractivity contribution in [3.05, 3.63) is 95.1 Å². The molecule has 30 heavy (non-hydrogen) atoms. The lowest BCUT2D eigenvalue weighted by Crippen LogP contribution is -2.16. The number of hydrogen-bond donors (Lipinski definition) is 2. The molecule has 7 nitrogen and oxygen atoms in total. The number of carbonyl (C=O) groups excluding carboxylic acids is 1. The Morgan fingerprint density at radius 2 is 1.97 bits per heavy atom. The molecule has 0 radical (unpaired) electrons. The Morgan fingerprint density at radius 1 is 1.20 bits per heavy atom. The molecule has 0 fully saturated rings. The number of aromatic nitrogens is 1. The number of nitrogens with two attached hydrogens (primary N) is 1. The number of halogens is 1. The smallest absolute Gasteiger partial charge is 0.282 e. The molecule has 3 N–H and O–H groups in total. The first-order valence-corrected chi connectivity index (χ1v) is 8.90. The zero-order valence-corrected chi connectivity index (χ0v) is 16.0. The van der Waals surface area contributed by atoms with Crippen LogP contribution >= 0.6 is 0 Å². The Hall–Kier alpha value is -4.25. The molecule has 0 unspecified atom stereocenters. The molecule has 0 spiro atoms. The van der Waals surface area contributed by atoms with Crippen molar-refractivity contribution in [1.29, 1.82) is 5.26 Å². The number of methoxy groups -OCH3 is 1. The van der Waals surface area contributed by atoms with Crippen LogP contribution in [0.2, 0.25) is 0 Å². The molecule has 1 atom stereocenters. The fourth-order valence-corrected chi connectivity index (χ4v) is 2.74. The highest BCUT2D eigenvalue weighted by atomic mass is 19.1. The molecular weight excluding hydrogens is 385 g/mol. The van der Waals surface area contributed by atoms with Crippen LogP contribution in [0.25, 0.3) is 0 Å². The fraction of sp³-hybridized carbons (Fsp3) is 0.0909. The molecule has 0 saturated carbocycles. The number of nitriles is 1. The molecule has 150 valence electrons. The summed E-state index contributed by atoms with van der Waals surface area (Å²) in [5, 5.41) is 11.6. The molecular formula is C22H18FN5O2. The lowest BCUT2D eigenvalue weighted by Gasteiger charge is -2.16. The number of amidine groups is 1. The molecule has 1 aromatic heterocycles. The van der Waals surface area contributed by atoms with Crippen molar-refractivity contribution < 1.29 is 13.9 Å². The summed E-state index contributed by atoms with van der Waals surface area (Å²) in [7, 11) is 1.40. The minimum Gasteiger partial charge on any atom is -0.469 e. The molecule has 0 aliphatic heterocycles. The summed E-state index contributed by atoms with van der Waals surface area (Å²) < 4.78 is 18.3. The maximum atomic E-state index is 13.3. The first-order valence-electron chi connectivity index (χ1n) is 8.90. The van der Waals surface area contributed by atoms with Gasteiger partial charge in [0.1, 0.15) is 23.6 Å². The van der Waals surface area contributed by atoms with E-state index < -0.39 is 11.9 Å². The van der Waals surface area contributed by atoms with Gasteiger partial charge in [0.05, 0.1) is 12.7 Å². The number of benzene rings is 2. The SMILES string of the molecule is COC(N)=N[C@H](c1ccc(F)cc1)c1cccc(NC(=O)c2ccc(C#N)cn2)c1. The zero-order chi connectivity index (χ0) is 21.5. The molecule has 8 heteroatoms. The number of carbonyl (C=O) groups is 1. The van der Waals surface area contributed by atoms with Crippen LogP contribution in [-0.2, 0) is 4.74 Å². The maximum absolute atomic E-state index is 13.3. The van der Waals surface area contributed by atoms with Crippen molar-refractivity contribution in [3.8, 4) is 6.07 Å². The predicted molar refractivity (Wildman–Crippen MR) is 110 cm³/mol. The Morgan fingerprint density at radius 3 is 2.60 bits per heavy atom. The van der Waals surface area contributed by atoms with Gasteiger partial charge in [-0.15, -0.1) is 0 Å². The van der Waals surface area contributed by atoms with Crippen molar-refractivity contribution in [2.45, 2.75) is 6.04 Å². The molecule has 2 aromatic carbocycles. The van der Waals surface area contributed by atoms with Gasteiger partial charge < -0.3 is 15.8 Å². The number of pyridine rings is 1. The Kier molecular flexibility index (Phi) is 6.35. The van der Waals surface area contributed by atoms with E-state index in [0.717, 1.165) is 0 Å². The van der Waals surface area contributed by atoms with E-state index in [-0.39, 0.29) is 17.5 Å². The van der Waals surface area contributed by atoms with Gasteiger partial charge in [0.25, 0.3) is 11.9 Å². The summed E-state index contributed by atoms with van der Waals surface area (Å²) in [5.41, 5.74) is 8.22. The van der Waals surface area contributed by atoms with Gasteiger partial charge in [-0.3, -0.25) is 4.79 Å². The number of hydrogen-bond acceptors (Lipinski definition) is 5. The van der Waals surface area contributed by atoms with E-state index in [4.69, 9.17) is 15.7 Å². The van der Waals surface area contributed by atoms with Crippen LogP contribution in [-0.4, -0.2) is 24.0 Å². The number of nitrogens with one attached hydrogen (secondary N) is 1. The van der Waals surface area contributed by atoms with E-state index >= 15 is 0 Å². The van der Waals surface area contributed by atoms with Crippen LogP contribution in [0.1, 0.15) is 33.2 Å². The van der Waals surface area contributed by atoms with Gasteiger partial charge in [0.15, 0.2) is 0 Å². The third-order valence-electron chi connectivity index (χ3n) is 4.24. The molecule has 1 heterocycles. The van der Waals surface area contributed by atoms with Crippen molar-refractivity contribution in [3.63, 3.8) is 0 Å². The standard InChI is InChI=1S/C22H18FN5O2/c1-30-22(25)28-20(15-6-8-17(23)9-7-15)16-3-2-4-18(11-16)27-21(29)19-10-5-14(12-24)13-26-19/h2-11,13,20H,1H3,(H2,25,28)(H,27,29)/t20-/m1/s1. The fourth-order valence-electron chi connectivity index (χ4n) is 2.74. The number of aliphatic imine (C=N–C) groups is 1. The highest BCUT2D eigenvalue weighted by Crippen LogP contribution is 2.28. The van der Waals surface area contributed by atoms with Crippen LogP contribution in [0.15, 0.2) is 71.9 Å². The Bertz CT molecular complexity index is 1110. The maximum Gasteiger partial charge on any atom is 0.282 e. The summed E-state index contributed by atoms with van der Waals surface area (Å²) in [5.74, 6) is -0.785. The summed E-state index contributed by atoms with van der Waals surface area (Å²) in [6, 6.07) is 17.3. The third kappa shape index (κ3) is 4.97. The van der Waals surface area contributed by atoms with Gasteiger partial charge in [-0.2, -0.15) is 5.26 Å². The van der Waals surface area contributed by atoms with Gasteiger partial charge in [0.2, 0.25) is 0 Å². The summed E-state index contributed by atoms with van der Waals surface area (Å²) >= 11 is 0. The lowest BCUT2D eigenvalue weighted by molar-refractivity contribution is 0.102. The molecule has 3 aromatic rings. The van der Waals surface area contributed by atoms with E-state index in [0.29, 0.717) is 22.4 Å². The number of ether oxygens (including phenoxy) is 1. The summed E-state index contributed by atoms with van der Waals surface area (Å²) in [6.45, 7) is 0. The van der Waals surface area contributed by atoms with E-state index in [1.54, 1.807) is 30.3 Å². The second-order valence-electron chi connectivity index (χ2n) is 6.25. The highest BCUT2D eigenvalue weighted by molar-refractivity contribution is 6.02. The molecule has 1 amide bonds. The monoisotopic (exact) mass is 403 g/mol. The topological polar surface area (TPSA) is 113 Å². The van der Waals surface area contributed by atoms with Crippen LogP contribution in [0.5, 0.6) is 0 Å². The zero-order valence-electron chi connectivity index (χ0n) is 16.0. The lowest BCUT2D eigenvalue weighted by atomic mass is 9.98. The number of nitrogens with zero attached hydrogens (tertiary/aromatic N) is 3. The van der Waals surface area contributed by atoms with Gasteiger partial charge in [0, 0.05) is 11.9 Å². The van der Waals surface area contributed by atoms with Crippen molar-refractivity contribution in [1.82, 2.24) is 4.98 Å². The Balaban J connectivity index is 1.89. The molecule has 0 bridgehead atoms. The second-order valence-corrected chi connectivity index (χ2v) is 6.25. The average molecular weight is 403 g/mol. The van der Waals surface area contributed by atoms with Crippen LogP contribution in [0.3, 0.4) is 0 Å². The third-order valence-corrected chi connectivity index (χ3v) is 4.24.